The van der Waals surface area contributed by atoms with Crippen molar-refractivity contribution < 1.29 is 28.9 Å². The van der Waals surface area contributed by atoms with E-state index in [0.717, 1.165) is 44.4 Å². The number of carbonyl (C=O) groups excluding carboxylic acids is 2. The number of benzene rings is 4. The largest absolute Gasteiger partial charge is 0.453 e. The molecular weight excluding hydrogens is 582 g/mol. The minimum absolute atomic E-state index is 0.00690. The van der Waals surface area contributed by atoms with Gasteiger partial charge < -0.3 is 29.2 Å². The average molecular weight is 620 g/mol. The Kier molecular flexibility index (Phi) is 9.54. The number of amides is 1. The van der Waals surface area contributed by atoms with Gasteiger partial charge in [0.05, 0.1) is 42.7 Å². The maximum Gasteiger partial charge on any atom is 0.303 e. The van der Waals surface area contributed by atoms with Crippen LogP contribution in [0.15, 0.2) is 103 Å². The number of para-hydroxylation sites is 2. The summed E-state index contributed by atoms with van der Waals surface area (Å²) in [5.74, 6) is -0.841. The van der Waals surface area contributed by atoms with Crippen LogP contribution in [-0.2, 0) is 43.5 Å². The molecule has 4 aromatic carbocycles. The first-order valence-corrected chi connectivity index (χ1v) is 15.4. The maximum absolute atomic E-state index is 12.3. The lowest BCUT2D eigenvalue weighted by molar-refractivity contribution is -0.252. The molecule has 4 atom stereocenters. The molecule has 1 saturated heterocycles. The van der Waals surface area contributed by atoms with Crippen molar-refractivity contribution in [1.29, 1.82) is 0 Å². The number of esters is 1. The van der Waals surface area contributed by atoms with Gasteiger partial charge in [0.1, 0.15) is 0 Å². The number of rotatable bonds is 10. The van der Waals surface area contributed by atoms with Crippen LogP contribution >= 0.6 is 0 Å². The first-order chi connectivity index (χ1) is 22.4. The molecule has 0 bridgehead atoms. The Morgan fingerprint density at radius 2 is 1.70 bits per heavy atom. The Balaban J connectivity index is 1.19. The van der Waals surface area contributed by atoms with Crippen molar-refractivity contribution >= 4 is 22.9 Å². The molecule has 0 aliphatic carbocycles. The zero-order chi connectivity index (χ0) is 32.0. The molecular formula is C37H37N3O6. The van der Waals surface area contributed by atoms with E-state index in [9.17, 15) is 14.7 Å². The summed E-state index contributed by atoms with van der Waals surface area (Å²) in [5, 5.41) is 12.3. The molecule has 0 radical (unpaired) electrons. The van der Waals surface area contributed by atoms with E-state index in [-0.39, 0.29) is 24.7 Å². The van der Waals surface area contributed by atoms with Crippen LogP contribution < -0.4 is 5.32 Å². The number of imidazole rings is 1. The van der Waals surface area contributed by atoms with Crippen molar-refractivity contribution in [3.63, 3.8) is 0 Å². The van der Waals surface area contributed by atoms with Gasteiger partial charge >= 0.3 is 5.97 Å². The number of hydrogen-bond acceptors (Lipinski definition) is 7. The molecule has 5 aromatic rings. The molecule has 6 rings (SSSR count). The molecule has 0 saturated carbocycles. The molecule has 2 N–H and O–H groups in total. The SMILES string of the molecule is CC(=O)O[C@@H](C)C(=O)NCc1cccc(-c2ccc([C@@H]3O[C@H](Cn4cnc5ccccc54)C[C@H](c4ccc(CO)cc4)O3)cc2)c1. The minimum Gasteiger partial charge on any atom is -0.453 e. The van der Waals surface area contributed by atoms with E-state index in [1.807, 2.05) is 97.3 Å². The summed E-state index contributed by atoms with van der Waals surface area (Å²) in [6.45, 7) is 3.77. The Bertz CT molecular complexity index is 1800. The Hall–Kier alpha value is -4.83. The second-order valence-corrected chi connectivity index (χ2v) is 11.5. The lowest BCUT2D eigenvalue weighted by Gasteiger charge is -2.36. The Labute approximate surface area is 267 Å². The van der Waals surface area contributed by atoms with E-state index in [2.05, 4.69) is 20.9 Å². The molecule has 1 amide bonds. The monoisotopic (exact) mass is 619 g/mol. The second-order valence-electron chi connectivity index (χ2n) is 11.5. The Morgan fingerprint density at radius 1 is 0.935 bits per heavy atom. The maximum atomic E-state index is 12.3. The number of aliphatic hydroxyl groups is 1. The van der Waals surface area contributed by atoms with E-state index >= 15 is 0 Å². The molecule has 1 aliphatic rings. The fourth-order valence-corrected chi connectivity index (χ4v) is 5.74. The van der Waals surface area contributed by atoms with Gasteiger partial charge in [-0.05, 0) is 52.9 Å². The first-order valence-electron chi connectivity index (χ1n) is 15.4. The van der Waals surface area contributed by atoms with E-state index in [1.165, 1.54) is 6.92 Å². The highest BCUT2D eigenvalue weighted by molar-refractivity contribution is 5.83. The third-order valence-electron chi connectivity index (χ3n) is 8.16. The van der Waals surface area contributed by atoms with Crippen molar-refractivity contribution in [2.24, 2.45) is 0 Å². The summed E-state index contributed by atoms with van der Waals surface area (Å²) < 4.78 is 20.2. The van der Waals surface area contributed by atoms with E-state index in [0.29, 0.717) is 19.5 Å². The molecule has 1 aliphatic heterocycles. The van der Waals surface area contributed by atoms with Gasteiger partial charge in [-0.3, -0.25) is 9.59 Å². The molecule has 0 spiro atoms. The number of carbonyl (C=O) groups is 2. The topological polar surface area (TPSA) is 112 Å². The Morgan fingerprint density at radius 3 is 2.46 bits per heavy atom. The van der Waals surface area contributed by atoms with Crippen LogP contribution in [0, 0.1) is 0 Å². The van der Waals surface area contributed by atoms with Gasteiger partial charge in [-0.25, -0.2) is 4.98 Å². The van der Waals surface area contributed by atoms with Crippen molar-refractivity contribution in [2.75, 3.05) is 0 Å². The zero-order valence-electron chi connectivity index (χ0n) is 25.8. The molecule has 1 fully saturated rings. The van der Waals surface area contributed by atoms with Crippen LogP contribution in [0.3, 0.4) is 0 Å². The third kappa shape index (κ3) is 7.34. The summed E-state index contributed by atoms with van der Waals surface area (Å²) in [5.41, 5.74) is 7.74. The highest BCUT2D eigenvalue weighted by Crippen LogP contribution is 2.39. The molecule has 9 heteroatoms. The van der Waals surface area contributed by atoms with Gasteiger partial charge in [0, 0.05) is 25.5 Å². The zero-order valence-corrected chi connectivity index (χ0v) is 25.8. The van der Waals surface area contributed by atoms with Crippen LogP contribution in [0.25, 0.3) is 22.2 Å². The third-order valence-corrected chi connectivity index (χ3v) is 8.16. The van der Waals surface area contributed by atoms with Crippen LogP contribution in [0.5, 0.6) is 0 Å². The van der Waals surface area contributed by atoms with Crippen molar-refractivity contribution in [3.05, 3.63) is 126 Å². The predicted octanol–water partition coefficient (Wildman–Crippen LogP) is 6.01. The van der Waals surface area contributed by atoms with Crippen molar-refractivity contribution in [3.8, 4) is 11.1 Å². The van der Waals surface area contributed by atoms with Gasteiger partial charge in [0.2, 0.25) is 0 Å². The molecule has 2 heterocycles. The highest BCUT2D eigenvalue weighted by Gasteiger charge is 2.32. The quantitative estimate of drug-likeness (QED) is 0.184. The lowest BCUT2D eigenvalue weighted by atomic mass is 9.99. The van der Waals surface area contributed by atoms with Gasteiger partial charge in [-0.15, -0.1) is 0 Å². The number of aliphatic hydroxyl groups excluding tert-OH is 1. The normalized spacial score (nSPS) is 18.6. The lowest BCUT2D eigenvalue weighted by Crippen LogP contribution is -2.35. The molecule has 46 heavy (non-hydrogen) atoms. The predicted molar refractivity (Wildman–Crippen MR) is 173 cm³/mol. The van der Waals surface area contributed by atoms with Crippen LogP contribution in [0.1, 0.15) is 54.9 Å². The van der Waals surface area contributed by atoms with Crippen LogP contribution in [0.2, 0.25) is 0 Å². The van der Waals surface area contributed by atoms with Crippen LogP contribution in [0.4, 0.5) is 0 Å². The van der Waals surface area contributed by atoms with Crippen LogP contribution in [-0.4, -0.2) is 38.7 Å². The van der Waals surface area contributed by atoms with E-state index in [4.69, 9.17) is 14.2 Å². The molecule has 9 nitrogen and oxygen atoms in total. The number of nitrogens with one attached hydrogen (secondary N) is 1. The number of fused-ring (bicyclic) bond motifs is 1. The fourth-order valence-electron chi connectivity index (χ4n) is 5.74. The summed E-state index contributed by atoms with van der Waals surface area (Å²) >= 11 is 0. The standard InChI is InChI=1S/C37H37N3O6/c1-24(44-25(2)42)36(43)38-20-27-6-5-7-31(18-27)28-14-16-30(17-15-28)37-45-32(21-40-23-39-33-8-3-4-9-34(33)40)19-35(46-37)29-12-10-26(22-41)11-13-29/h3-18,23-24,32,35,37,41H,19-22H2,1-2H3,(H,38,43)/t24-,32-,35+,37+/m0/s1. The average Bonchev–Trinajstić information content (AvgIpc) is 3.49. The highest BCUT2D eigenvalue weighted by atomic mass is 16.7. The number of nitrogens with zero attached hydrogens (tertiary/aromatic N) is 2. The molecule has 0 unspecified atom stereocenters. The van der Waals surface area contributed by atoms with Gasteiger partial charge in [-0.1, -0.05) is 78.9 Å². The van der Waals surface area contributed by atoms with Crippen molar-refractivity contribution in [1.82, 2.24) is 14.9 Å². The molecule has 236 valence electrons. The minimum atomic E-state index is -0.851. The fraction of sp³-hybridized carbons (Fsp3) is 0.270. The number of ether oxygens (including phenoxy) is 3. The summed E-state index contributed by atoms with van der Waals surface area (Å²) in [4.78, 5) is 28.0. The van der Waals surface area contributed by atoms with Gasteiger partial charge in [-0.2, -0.15) is 0 Å². The summed E-state index contributed by atoms with van der Waals surface area (Å²) in [6.07, 6.45) is 0.776. The summed E-state index contributed by atoms with van der Waals surface area (Å²) in [6, 6.07) is 32.0. The molecule has 1 aromatic heterocycles. The first kappa shape index (κ1) is 31.2. The van der Waals surface area contributed by atoms with Crippen molar-refractivity contribution in [2.45, 2.75) is 64.6 Å². The van der Waals surface area contributed by atoms with E-state index < -0.39 is 18.4 Å². The number of aromatic nitrogens is 2. The van der Waals surface area contributed by atoms with E-state index in [1.54, 1.807) is 6.92 Å². The summed E-state index contributed by atoms with van der Waals surface area (Å²) in [7, 11) is 0. The smallest absolute Gasteiger partial charge is 0.303 e. The van der Waals surface area contributed by atoms with Gasteiger partial charge in [0.25, 0.3) is 5.91 Å². The van der Waals surface area contributed by atoms with Gasteiger partial charge in [0.15, 0.2) is 12.4 Å². The second kappa shape index (κ2) is 14.1. The number of hydrogen-bond donors (Lipinski definition) is 2.